The summed E-state index contributed by atoms with van der Waals surface area (Å²) in [6.07, 6.45) is 3.60. The normalized spacial score (nSPS) is 19.4. The van der Waals surface area contributed by atoms with E-state index in [4.69, 9.17) is 5.11 Å². The molecule has 1 fully saturated rings. The average molecular weight is 264 g/mol. The van der Waals surface area contributed by atoms with Crippen LogP contribution < -0.4 is 5.32 Å². The molecule has 0 radical (unpaired) electrons. The van der Waals surface area contributed by atoms with Crippen LogP contribution in [-0.4, -0.2) is 55.7 Å². The van der Waals surface area contributed by atoms with Crippen molar-refractivity contribution >= 4 is 16.0 Å². The van der Waals surface area contributed by atoms with Crippen LogP contribution in [0.3, 0.4) is 0 Å². The molecule has 0 aromatic carbocycles. The lowest BCUT2D eigenvalue weighted by Gasteiger charge is -2.30. The number of piperidine rings is 1. The number of carboxylic acid groups (broad SMARTS) is 1. The SMILES string of the molecule is CS(=O)(=O)N1CCC(NCCCC(=O)O)CC1. The summed E-state index contributed by atoms with van der Waals surface area (Å²) in [5.74, 6) is -0.779. The van der Waals surface area contributed by atoms with E-state index in [-0.39, 0.29) is 6.42 Å². The Morgan fingerprint density at radius 2 is 2.00 bits per heavy atom. The van der Waals surface area contributed by atoms with E-state index in [1.54, 1.807) is 0 Å². The van der Waals surface area contributed by atoms with Crippen molar-refractivity contribution in [1.82, 2.24) is 9.62 Å². The van der Waals surface area contributed by atoms with Gasteiger partial charge in [-0.2, -0.15) is 0 Å². The van der Waals surface area contributed by atoms with Crippen LogP contribution in [0.1, 0.15) is 25.7 Å². The molecule has 1 aliphatic heterocycles. The second kappa shape index (κ2) is 6.32. The quantitative estimate of drug-likeness (QED) is 0.652. The molecule has 17 heavy (non-hydrogen) atoms. The Morgan fingerprint density at radius 1 is 1.41 bits per heavy atom. The monoisotopic (exact) mass is 264 g/mol. The van der Waals surface area contributed by atoms with Gasteiger partial charge in [-0.15, -0.1) is 0 Å². The summed E-state index contributed by atoms with van der Waals surface area (Å²) in [5, 5.41) is 11.7. The molecule has 0 aromatic heterocycles. The lowest BCUT2D eigenvalue weighted by molar-refractivity contribution is -0.137. The van der Waals surface area contributed by atoms with Crippen LogP contribution in [-0.2, 0) is 14.8 Å². The van der Waals surface area contributed by atoms with Crippen LogP contribution in [0, 0.1) is 0 Å². The number of carboxylic acids is 1. The number of sulfonamides is 1. The smallest absolute Gasteiger partial charge is 0.303 e. The number of carbonyl (C=O) groups is 1. The predicted molar refractivity (Wildman–Crippen MR) is 64.3 cm³/mol. The highest BCUT2D eigenvalue weighted by Gasteiger charge is 2.24. The zero-order valence-electron chi connectivity index (χ0n) is 10.1. The van der Waals surface area contributed by atoms with Crippen molar-refractivity contribution in [3.63, 3.8) is 0 Å². The number of rotatable bonds is 6. The first kappa shape index (κ1) is 14.4. The number of hydrogen-bond donors (Lipinski definition) is 2. The Labute approximate surface area is 102 Å². The lowest BCUT2D eigenvalue weighted by Crippen LogP contribution is -2.44. The zero-order valence-corrected chi connectivity index (χ0v) is 10.9. The molecular formula is C10H20N2O4S. The molecule has 1 heterocycles. The Hall–Kier alpha value is -0.660. The summed E-state index contributed by atoms with van der Waals surface area (Å²) < 4.78 is 24.0. The zero-order chi connectivity index (χ0) is 12.9. The van der Waals surface area contributed by atoms with Gasteiger partial charge in [0.2, 0.25) is 10.0 Å². The van der Waals surface area contributed by atoms with Crippen LogP contribution in [0.5, 0.6) is 0 Å². The van der Waals surface area contributed by atoms with Gasteiger partial charge in [0.05, 0.1) is 6.26 Å². The van der Waals surface area contributed by atoms with Crippen LogP contribution >= 0.6 is 0 Å². The molecule has 7 heteroatoms. The third kappa shape index (κ3) is 5.47. The Balaban J connectivity index is 2.17. The van der Waals surface area contributed by atoms with Crippen LogP contribution in [0.4, 0.5) is 0 Å². The minimum absolute atomic E-state index is 0.176. The molecule has 0 spiro atoms. The van der Waals surface area contributed by atoms with E-state index in [1.807, 2.05) is 0 Å². The molecule has 1 aliphatic rings. The van der Waals surface area contributed by atoms with Crippen molar-refractivity contribution in [3.8, 4) is 0 Å². The van der Waals surface area contributed by atoms with Gasteiger partial charge in [-0.1, -0.05) is 0 Å². The van der Waals surface area contributed by atoms with Gasteiger partial charge in [0.15, 0.2) is 0 Å². The topological polar surface area (TPSA) is 86.7 Å². The van der Waals surface area contributed by atoms with Crippen LogP contribution in [0.25, 0.3) is 0 Å². The largest absolute Gasteiger partial charge is 0.481 e. The summed E-state index contributed by atoms with van der Waals surface area (Å²) in [5.41, 5.74) is 0. The molecule has 0 atom stereocenters. The van der Waals surface area contributed by atoms with Gasteiger partial charge in [0.25, 0.3) is 0 Å². The van der Waals surface area contributed by atoms with Crippen molar-refractivity contribution in [2.75, 3.05) is 25.9 Å². The summed E-state index contributed by atoms with van der Waals surface area (Å²) in [7, 11) is -3.06. The number of nitrogens with one attached hydrogen (secondary N) is 1. The maximum Gasteiger partial charge on any atom is 0.303 e. The fraction of sp³-hybridized carbons (Fsp3) is 0.900. The number of aliphatic carboxylic acids is 1. The highest BCUT2D eigenvalue weighted by molar-refractivity contribution is 7.88. The Bertz CT molecular complexity index is 347. The van der Waals surface area contributed by atoms with Gasteiger partial charge in [0, 0.05) is 25.6 Å². The van der Waals surface area contributed by atoms with Crippen LogP contribution in [0.15, 0.2) is 0 Å². The highest BCUT2D eigenvalue weighted by Crippen LogP contribution is 2.13. The molecule has 100 valence electrons. The second-order valence-electron chi connectivity index (χ2n) is 4.39. The maximum atomic E-state index is 11.3. The Kier molecular flexibility index (Phi) is 5.35. The molecule has 6 nitrogen and oxygen atoms in total. The fourth-order valence-corrected chi connectivity index (χ4v) is 2.81. The van der Waals surface area contributed by atoms with Gasteiger partial charge >= 0.3 is 5.97 Å². The third-order valence-corrected chi connectivity index (χ3v) is 4.23. The summed E-state index contributed by atoms with van der Waals surface area (Å²) >= 11 is 0. The van der Waals surface area contributed by atoms with Gasteiger partial charge in [-0.25, -0.2) is 12.7 Å². The predicted octanol–water partition coefficient (Wildman–Crippen LogP) is -0.135. The van der Waals surface area contributed by atoms with Crippen molar-refractivity contribution in [3.05, 3.63) is 0 Å². The summed E-state index contributed by atoms with van der Waals surface area (Å²) in [6, 6.07) is 0.307. The molecule has 0 aromatic rings. The fourth-order valence-electron chi connectivity index (χ4n) is 1.94. The summed E-state index contributed by atoms with van der Waals surface area (Å²) in [6.45, 7) is 1.78. The first-order valence-electron chi connectivity index (χ1n) is 5.80. The maximum absolute atomic E-state index is 11.3. The van der Waals surface area contributed by atoms with Gasteiger partial charge < -0.3 is 10.4 Å². The van der Waals surface area contributed by atoms with E-state index in [0.29, 0.717) is 32.1 Å². The molecule has 0 unspecified atom stereocenters. The third-order valence-electron chi connectivity index (χ3n) is 2.92. The van der Waals surface area contributed by atoms with Gasteiger partial charge in [-0.3, -0.25) is 4.79 Å². The van der Waals surface area contributed by atoms with Crippen molar-refractivity contribution in [2.45, 2.75) is 31.7 Å². The first-order chi connectivity index (χ1) is 7.89. The average Bonchev–Trinajstić information content (AvgIpc) is 2.23. The Morgan fingerprint density at radius 3 is 2.47 bits per heavy atom. The molecule has 1 rings (SSSR count). The second-order valence-corrected chi connectivity index (χ2v) is 6.37. The molecular weight excluding hydrogens is 244 g/mol. The van der Waals surface area contributed by atoms with Crippen molar-refractivity contribution in [1.29, 1.82) is 0 Å². The van der Waals surface area contributed by atoms with E-state index in [9.17, 15) is 13.2 Å². The van der Waals surface area contributed by atoms with E-state index < -0.39 is 16.0 Å². The minimum atomic E-state index is -3.06. The lowest BCUT2D eigenvalue weighted by atomic mass is 10.1. The minimum Gasteiger partial charge on any atom is -0.481 e. The molecule has 0 bridgehead atoms. The first-order valence-corrected chi connectivity index (χ1v) is 7.64. The van der Waals surface area contributed by atoms with Crippen molar-refractivity contribution < 1.29 is 18.3 Å². The van der Waals surface area contributed by atoms with E-state index in [1.165, 1.54) is 10.6 Å². The molecule has 0 aliphatic carbocycles. The molecule has 1 saturated heterocycles. The number of nitrogens with zero attached hydrogens (tertiary/aromatic N) is 1. The van der Waals surface area contributed by atoms with E-state index >= 15 is 0 Å². The van der Waals surface area contributed by atoms with E-state index in [2.05, 4.69) is 5.32 Å². The van der Waals surface area contributed by atoms with Crippen LogP contribution in [0.2, 0.25) is 0 Å². The van der Waals surface area contributed by atoms with Gasteiger partial charge in [0.1, 0.15) is 0 Å². The summed E-state index contributed by atoms with van der Waals surface area (Å²) in [4.78, 5) is 10.3. The van der Waals surface area contributed by atoms with Crippen molar-refractivity contribution in [2.24, 2.45) is 0 Å². The van der Waals surface area contributed by atoms with Gasteiger partial charge in [-0.05, 0) is 25.8 Å². The number of hydrogen-bond acceptors (Lipinski definition) is 4. The highest BCUT2D eigenvalue weighted by atomic mass is 32.2. The molecule has 2 N–H and O–H groups in total. The van der Waals surface area contributed by atoms with E-state index in [0.717, 1.165) is 12.8 Å². The molecule has 0 saturated carbocycles. The standard InChI is InChI=1S/C10H20N2O4S/c1-17(15,16)12-7-4-9(5-8-12)11-6-2-3-10(13)14/h9,11H,2-8H2,1H3,(H,13,14). The molecule has 0 amide bonds.